The number of anilines is 1. The summed E-state index contributed by atoms with van der Waals surface area (Å²) in [7, 11) is -7.43. The summed E-state index contributed by atoms with van der Waals surface area (Å²) < 4.78 is 72.1. The number of amides is 1. The molecule has 1 fully saturated rings. The van der Waals surface area contributed by atoms with E-state index in [0.29, 0.717) is 18.8 Å². The highest BCUT2D eigenvalue weighted by atomic mass is 35.5. The third-order valence-electron chi connectivity index (χ3n) is 5.93. The van der Waals surface area contributed by atoms with Gasteiger partial charge in [-0.2, -0.15) is 4.31 Å². The van der Waals surface area contributed by atoms with Crippen LogP contribution in [0.25, 0.3) is 0 Å². The van der Waals surface area contributed by atoms with Crippen molar-refractivity contribution in [2.75, 3.05) is 36.8 Å². The number of rotatable bonds is 11. The van der Waals surface area contributed by atoms with Gasteiger partial charge in [0.05, 0.1) is 28.4 Å². The van der Waals surface area contributed by atoms with E-state index in [4.69, 9.17) is 16.3 Å². The topological polar surface area (TPSA) is 113 Å². The van der Waals surface area contributed by atoms with Crippen LogP contribution in [-0.2, 0) is 24.8 Å². The van der Waals surface area contributed by atoms with Gasteiger partial charge >= 0.3 is 0 Å². The second kappa shape index (κ2) is 12.4. The molecule has 0 spiro atoms. The lowest BCUT2D eigenvalue weighted by Gasteiger charge is -2.30. The van der Waals surface area contributed by atoms with Crippen molar-refractivity contribution in [3.8, 4) is 5.75 Å². The molecule has 13 heteroatoms. The molecule has 1 heterocycles. The maximum Gasteiger partial charge on any atom is 0.244 e. The van der Waals surface area contributed by atoms with Gasteiger partial charge in [-0.3, -0.25) is 9.10 Å². The number of hydrogen-bond acceptors (Lipinski definition) is 6. The highest BCUT2D eigenvalue weighted by molar-refractivity contribution is 7.92. The summed E-state index contributed by atoms with van der Waals surface area (Å²) in [6, 6.07) is 8.44. The van der Waals surface area contributed by atoms with E-state index in [0.717, 1.165) is 42.0 Å². The Morgan fingerprint density at radius 1 is 1.11 bits per heavy atom. The molecule has 1 N–H and O–H groups in total. The highest BCUT2D eigenvalue weighted by Gasteiger charge is 2.32. The van der Waals surface area contributed by atoms with Gasteiger partial charge in [0.2, 0.25) is 26.0 Å². The first-order valence-electron chi connectivity index (χ1n) is 11.9. The molecule has 1 aliphatic heterocycles. The maximum atomic E-state index is 13.6. The van der Waals surface area contributed by atoms with Gasteiger partial charge in [-0.1, -0.05) is 24.9 Å². The van der Waals surface area contributed by atoms with E-state index in [2.05, 4.69) is 5.32 Å². The van der Waals surface area contributed by atoms with E-state index >= 15 is 0 Å². The number of ether oxygens (including phenoxy) is 1. The molecule has 0 saturated carbocycles. The zero-order valence-corrected chi connectivity index (χ0v) is 23.1. The van der Waals surface area contributed by atoms with Crippen molar-refractivity contribution in [1.29, 1.82) is 0 Å². The number of halogens is 2. The van der Waals surface area contributed by atoms with E-state index in [1.165, 1.54) is 22.5 Å². The van der Waals surface area contributed by atoms with Crippen LogP contribution in [0.2, 0.25) is 5.02 Å². The van der Waals surface area contributed by atoms with Gasteiger partial charge in [-0.05, 0) is 61.7 Å². The maximum absolute atomic E-state index is 13.6. The van der Waals surface area contributed by atoms with Crippen LogP contribution in [0.1, 0.15) is 32.6 Å². The molecule has 0 aliphatic carbocycles. The Labute approximate surface area is 222 Å². The van der Waals surface area contributed by atoms with E-state index in [-0.39, 0.29) is 35.2 Å². The molecule has 1 atom stereocenters. The molecule has 0 bridgehead atoms. The molecule has 9 nitrogen and oxygen atoms in total. The Morgan fingerprint density at radius 2 is 1.76 bits per heavy atom. The monoisotopic (exact) mass is 575 g/mol. The first-order valence-corrected chi connectivity index (χ1v) is 15.6. The number of carbonyl (C=O) groups is 1. The minimum absolute atomic E-state index is 0.0711. The molecule has 3 rings (SSSR count). The largest absolute Gasteiger partial charge is 0.492 e. The van der Waals surface area contributed by atoms with Crippen molar-refractivity contribution in [1.82, 2.24) is 9.62 Å². The summed E-state index contributed by atoms with van der Waals surface area (Å²) in [5.41, 5.74) is 0.0757. The molecule has 2 aromatic rings. The summed E-state index contributed by atoms with van der Waals surface area (Å²) in [5.74, 6) is -0.830. The summed E-state index contributed by atoms with van der Waals surface area (Å²) in [5, 5.41) is 2.39. The van der Waals surface area contributed by atoms with Gasteiger partial charge in [0, 0.05) is 13.1 Å². The van der Waals surface area contributed by atoms with Crippen LogP contribution in [-0.4, -0.2) is 65.6 Å². The fourth-order valence-corrected chi connectivity index (χ4v) is 7.00. The smallest absolute Gasteiger partial charge is 0.244 e. The number of nitrogens with zero attached hydrogens (tertiary/aromatic N) is 2. The summed E-state index contributed by atoms with van der Waals surface area (Å²) >= 11 is 5.82. The van der Waals surface area contributed by atoms with Crippen LogP contribution >= 0.6 is 11.6 Å². The molecule has 1 amide bonds. The van der Waals surface area contributed by atoms with Gasteiger partial charge in [0.1, 0.15) is 24.2 Å². The number of hydrogen-bond donors (Lipinski definition) is 1. The van der Waals surface area contributed by atoms with Crippen LogP contribution in [0, 0.1) is 5.82 Å². The lowest BCUT2D eigenvalue weighted by Crippen LogP contribution is -2.50. The Balaban J connectivity index is 1.59. The van der Waals surface area contributed by atoms with Crippen molar-refractivity contribution in [2.24, 2.45) is 0 Å². The minimum atomic E-state index is -3.89. The Morgan fingerprint density at radius 3 is 2.32 bits per heavy atom. The lowest BCUT2D eigenvalue weighted by atomic mass is 10.2. The molecular weight excluding hydrogens is 545 g/mol. The molecule has 0 unspecified atom stereocenters. The fraction of sp³-hybridized carbons (Fsp3) is 0.458. The van der Waals surface area contributed by atoms with Crippen molar-refractivity contribution in [3.63, 3.8) is 0 Å². The van der Waals surface area contributed by atoms with Crippen LogP contribution in [0.3, 0.4) is 0 Å². The van der Waals surface area contributed by atoms with Crippen LogP contribution < -0.4 is 14.4 Å². The predicted octanol–water partition coefficient (Wildman–Crippen LogP) is 3.39. The van der Waals surface area contributed by atoms with Gasteiger partial charge in [0.15, 0.2) is 0 Å². The Hall–Kier alpha value is -2.41. The predicted molar refractivity (Wildman–Crippen MR) is 140 cm³/mol. The normalized spacial score (nSPS) is 15.7. The average Bonchev–Trinajstić information content (AvgIpc) is 2.87. The van der Waals surface area contributed by atoms with Gasteiger partial charge < -0.3 is 10.1 Å². The molecule has 1 aliphatic rings. The van der Waals surface area contributed by atoms with E-state index < -0.39 is 37.8 Å². The second-order valence-corrected chi connectivity index (χ2v) is 12.9. The zero-order valence-electron chi connectivity index (χ0n) is 20.7. The number of benzene rings is 2. The molecule has 2 aromatic carbocycles. The Kier molecular flexibility index (Phi) is 9.79. The van der Waals surface area contributed by atoms with E-state index in [9.17, 15) is 26.0 Å². The van der Waals surface area contributed by atoms with Crippen molar-refractivity contribution in [2.45, 2.75) is 43.5 Å². The van der Waals surface area contributed by atoms with Crippen molar-refractivity contribution < 1.29 is 30.8 Å². The zero-order chi connectivity index (χ0) is 27.2. The van der Waals surface area contributed by atoms with Crippen LogP contribution in [0.15, 0.2) is 47.4 Å². The number of nitrogens with one attached hydrogen (secondary N) is 1. The molecule has 0 radical (unpaired) electrons. The standard InChI is InChI=1S/C24H31ClFN3O6S2/c1-3-23(29(36(2,31)32)18-7-12-22(26)21(25)17-18)24(30)27-13-16-35-19-8-10-20(11-9-19)37(33,34)28-14-5-4-6-15-28/h7-12,17,23H,3-6,13-16H2,1-2H3,(H,27,30)/t23-/m1/s1. The molecule has 37 heavy (non-hydrogen) atoms. The third-order valence-corrected chi connectivity index (χ3v) is 9.32. The summed E-state index contributed by atoms with van der Waals surface area (Å²) in [6.45, 7) is 2.84. The van der Waals surface area contributed by atoms with Crippen LogP contribution in [0.5, 0.6) is 5.75 Å². The summed E-state index contributed by atoms with van der Waals surface area (Å²) in [6.07, 6.45) is 3.84. The first-order chi connectivity index (χ1) is 17.4. The Bertz CT molecular complexity index is 1300. The third kappa shape index (κ3) is 7.34. The van der Waals surface area contributed by atoms with E-state index in [1.807, 2.05) is 0 Å². The molecular formula is C24H31ClFN3O6S2. The number of sulfonamides is 2. The fourth-order valence-electron chi connectivity index (χ4n) is 4.11. The average molecular weight is 576 g/mol. The number of piperidine rings is 1. The number of carbonyl (C=O) groups excluding carboxylic acids is 1. The second-order valence-electron chi connectivity index (χ2n) is 8.66. The van der Waals surface area contributed by atoms with Crippen molar-refractivity contribution in [3.05, 3.63) is 53.3 Å². The minimum Gasteiger partial charge on any atom is -0.492 e. The quantitative estimate of drug-likeness (QED) is 0.411. The molecule has 1 saturated heterocycles. The molecule has 204 valence electrons. The van der Waals surface area contributed by atoms with E-state index in [1.54, 1.807) is 19.1 Å². The van der Waals surface area contributed by atoms with Gasteiger partial charge in [-0.25, -0.2) is 21.2 Å². The summed E-state index contributed by atoms with van der Waals surface area (Å²) in [4.78, 5) is 13.0. The SMILES string of the molecule is CC[C@H](C(=O)NCCOc1ccc(S(=O)(=O)N2CCCCC2)cc1)N(c1ccc(F)c(Cl)c1)S(C)(=O)=O. The van der Waals surface area contributed by atoms with Crippen LogP contribution in [0.4, 0.5) is 10.1 Å². The first kappa shape index (κ1) is 29.2. The van der Waals surface area contributed by atoms with Gasteiger partial charge in [0.25, 0.3) is 0 Å². The molecule has 0 aromatic heterocycles. The lowest BCUT2D eigenvalue weighted by molar-refractivity contribution is -0.122. The van der Waals surface area contributed by atoms with Crippen molar-refractivity contribution >= 4 is 43.2 Å². The van der Waals surface area contributed by atoms with Gasteiger partial charge in [-0.15, -0.1) is 0 Å². The highest BCUT2D eigenvalue weighted by Crippen LogP contribution is 2.27.